The van der Waals surface area contributed by atoms with Gasteiger partial charge in [0.15, 0.2) is 0 Å². The van der Waals surface area contributed by atoms with Crippen molar-refractivity contribution in [3.05, 3.63) is 83.1 Å². The number of rotatable bonds is 5. The van der Waals surface area contributed by atoms with E-state index in [1.807, 2.05) is 37.3 Å². The van der Waals surface area contributed by atoms with Gasteiger partial charge in [0, 0.05) is 36.0 Å². The van der Waals surface area contributed by atoms with E-state index < -0.39 is 35.8 Å². The number of aromatic nitrogens is 4. The minimum atomic E-state index is -0.962. The Morgan fingerprint density at radius 2 is 1.83 bits per heavy atom. The number of benzene rings is 2. The highest BCUT2D eigenvalue weighted by Gasteiger charge is 2.42. The number of halogens is 1. The number of carbonyl (C=O) groups is 4. The average molecular weight is 629 g/mol. The zero-order valence-electron chi connectivity index (χ0n) is 25.9. The first-order valence-corrected chi connectivity index (χ1v) is 15.5. The van der Waals surface area contributed by atoms with Crippen LogP contribution in [-0.2, 0) is 38.6 Å². The second-order valence-corrected chi connectivity index (χ2v) is 12.4. The molecular formula is C33H37FN8O4. The molecule has 0 saturated carbocycles. The number of aryl methyl sites for hydroxylation is 1. The monoisotopic (exact) mass is 628 g/mol. The molecule has 13 heteroatoms. The quantitative estimate of drug-likeness (QED) is 0.266. The molecule has 4 bridgehead atoms. The highest BCUT2D eigenvalue weighted by atomic mass is 19.1. The van der Waals surface area contributed by atoms with Crippen LogP contribution in [0.1, 0.15) is 48.8 Å². The standard InChI is InChI=1S/C33H37FN8O4/c1-18(2)30-33(46)37-27(11-20-7-5-4-6-8-20)31(44)35-15-22-16-42(40-39-22)23-13-28(32(45)38-30)41(17-23)29(43)14-24-19(3)36-26-10-9-21(34)12-25(24)26/h4-10,12,16,18,23,27-28,30,36H,11,13-15,17H2,1-3H3,(H,35,44)(H,37,46)(H,38,45)/t23-,27+,28-,30-/m0/s1. The first-order chi connectivity index (χ1) is 22.1. The van der Waals surface area contributed by atoms with Crippen LogP contribution in [0.4, 0.5) is 4.39 Å². The van der Waals surface area contributed by atoms with Crippen LogP contribution in [-0.4, -0.2) is 73.2 Å². The molecule has 1 fully saturated rings. The van der Waals surface area contributed by atoms with Gasteiger partial charge in [0.1, 0.15) is 29.6 Å². The van der Waals surface area contributed by atoms with Crippen molar-refractivity contribution in [1.82, 2.24) is 40.8 Å². The second kappa shape index (κ2) is 12.7. The lowest BCUT2D eigenvalue weighted by Crippen LogP contribution is -2.58. The van der Waals surface area contributed by atoms with Gasteiger partial charge in [0.2, 0.25) is 23.6 Å². The van der Waals surface area contributed by atoms with E-state index in [4.69, 9.17) is 0 Å². The molecule has 4 amide bonds. The lowest BCUT2D eigenvalue weighted by atomic mass is 10.00. The van der Waals surface area contributed by atoms with Gasteiger partial charge in [0.25, 0.3) is 0 Å². The Labute approximate surface area is 265 Å². The number of nitrogens with one attached hydrogen (secondary N) is 4. The molecule has 2 aromatic carbocycles. The normalized spacial score (nSPS) is 22.3. The Balaban J connectivity index is 1.30. The lowest BCUT2D eigenvalue weighted by Gasteiger charge is -2.29. The Morgan fingerprint density at radius 1 is 1.04 bits per heavy atom. The Hall–Kier alpha value is -5.07. The molecule has 2 aromatic heterocycles. The zero-order valence-corrected chi connectivity index (χ0v) is 25.9. The summed E-state index contributed by atoms with van der Waals surface area (Å²) in [4.78, 5) is 59.6. The molecule has 4 atom stereocenters. The predicted octanol–water partition coefficient (Wildman–Crippen LogP) is 2.09. The fourth-order valence-electron chi connectivity index (χ4n) is 6.34. The van der Waals surface area contributed by atoms with Gasteiger partial charge in [-0.15, -0.1) is 5.10 Å². The maximum Gasteiger partial charge on any atom is 0.243 e. The number of aromatic amines is 1. The fourth-order valence-corrected chi connectivity index (χ4v) is 6.34. The van der Waals surface area contributed by atoms with Gasteiger partial charge in [-0.05, 0) is 42.2 Å². The highest BCUT2D eigenvalue weighted by molar-refractivity contribution is 5.96. The molecule has 46 heavy (non-hydrogen) atoms. The van der Waals surface area contributed by atoms with Crippen LogP contribution in [0, 0.1) is 18.7 Å². The number of fused-ring (bicyclic) bond motifs is 6. The van der Waals surface area contributed by atoms with Crippen LogP contribution in [0.25, 0.3) is 10.9 Å². The summed E-state index contributed by atoms with van der Waals surface area (Å²) in [5.74, 6) is -2.40. The maximum absolute atomic E-state index is 14.1. The minimum Gasteiger partial charge on any atom is -0.358 e. The van der Waals surface area contributed by atoms with Gasteiger partial charge in [-0.1, -0.05) is 49.4 Å². The van der Waals surface area contributed by atoms with Crippen LogP contribution < -0.4 is 16.0 Å². The van der Waals surface area contributed by atoms with Crippen LogP contribution in [0.3, 0.4) is 0 Å². The molecule has 0 unspecified atom stereocenters. The Morgan fingerprint density at radius 3 is 2.59 bits per heavy atom. The van der Waals surface area contributed by atoms with Crippen molar-refractivity contribution in [2.45, 2.75) is 70.7 Å². The molecule has 12 nitrogen and oxygen atoms in total. The fraction of sp³-hybridized carbons (Fsp3) is 0.394. The topological polar surface area (TPSA) is 154 Å². The van der Waals surface area contributed by atoms with E-state index in [1.54, 1.807) is 30.8 Å². The number of hydrogen-bond donors (Lipinski definition) is 4. The third-order valence-corrected chi connectivity index (χ3v) is 8.85. The molecule has 0 spiro atoms. The summed E-state index contributed by atoms with van der Waals surface area (Å²) in [5, 5.41) is 17.7. The smallest absolute Gasteiger partial charge is 0.243 e. The predicted molar refractivity (Wildman–Crippen MR) is 167 cm³/mol. The van der Waals surface area contributed by atoms with Crippen molar-refractivity contribution >= 4 is 34.5 Å². The van der Waals surface area contributed by atoms with Crippen molar-refractivity contribution < 1.29 is 23.6 Å². The molecule has 2 aliphatic heterocycles. The molecule has 240 valence electrons. The number of H-pyrrole nitrogens is 1. The van der Waals surface area contributed by atoms with E-state index in [2.05, 4.69) is 31.2 Å². The van der Waals surface area contributed by atoms with E-state index in [-0.39, 0.29) is 56.1 Å². The van der Waals surface area contributed by atoms with Crippen molar-refractivity contribution in [3.63, 3.8) is 0 Å². The summed E-state index contributed by atoms with van der Waals surface area (Å²) in [6, 6.07) is 10.6. The molecule has 0 radical (unpaired) electrons. The van der Waals surface area contributed by atoms with Gasteiger partial charge in [0.05, 0.1) is 25.2 Å². The van der Waals surface area contributed by atoms with Gasteiger partial charge >= 0.3 is 0 Å². The second-order valence-electron chi connectivity index (χ2n) is 12.4. The summed E-state index contributed by atoms with van der Waals surface area (Å²) in [5.41, 5.74) is 3.47. The van der Waals surface area contributed by atoms with E-state index in [1.165, 1.54) is 17.0 Å². The van der Waals surface area contributed by atoms with Crippen molar-refractivity contribution in [2.24, 2.45) is 5.92 Å². The third-order valence-electron chi connectivity index (χ3n) is 8.85. The summed E-state index contributed by atoms with van der Waals surface area (Å²) in [6.07, 6.45) is 2.14. The molecule has 2 aliphatic rings. The Kier molecular flexibility index (Phi) is 8.57. The number of carbonyl (C=O) groups excluding carboxylic acids is 4. The number of hydrogen-bond acceptors (Lipinski definition) is 6. The summed E-state index contributed by atoms with van der Waals surface area (Å²) in [7, 11) is 0. The highest BCUT2D eigenvalue weighted by Crippen LogP contribution is 2.30. The molecule has 4 N–H and O–H groups in total. The Bertz CT molecular complexity index is 1780. The van der Waals surface area contributed by atoms with E-state index in [9.17, 15) is 23.6 Å². The molecule has 1 saturated heterocycles. The minimum absolute atomic E-state index is 0.0459. The number of amides is 4. The SMILES string of the molecule is Cc1[nH]c2ccc(F)cc2c1CC(=O)N1C[C@@H]2C[C@H]1C(=O)N[C@@H](C(C)C)C(=O)N[C@H](Cc1ccccc1)C(=O)NCc1cn2nn1. The van der Waals surface area contributed by atoms with E-state index >= 15 is 0 Å². The molecular weight excluding hydrogens is 591 g/mol. The first kappa shape index (κ1) is 30.9. The lowest BCUT2D eigenvalue weighted by molar-refractivity contribution is -0.139. The van der Waals surface area contributed by atoms with Crippen LogP contribution in [0.2, 0.25) is 0 Å². The van der Waals surface area contributed by atoms with Gasteiger partial charge in [-0.2, -0.15) is 0 Å². The van der Waals surface area contributed by atoms with Crippen molar-refractivity contribution in [3.8, 4) is 0 Å². The van der Waals surface area contributed by atoms with Gasteiger partial charge in [-0.3, -0.25) is 19.2 Å². The summed E-state index contributed by atoms with van der Waals surface area (Å²) in [6.45, 7) is 5.70. The van der Waals surface area contributed by atoms with E-state index in [0.717, 1.165) is 16.8 Å². The van der Waals surface area contributed by atoms with Crippen LogP contribution >= 0.6 is 0 Å². The van der Waals surface area contributed by atoms with Crippen LogP contribution in [0.15, 0.2) is 54.7 Å². The van der Waals surface area contributed by atoms with Gasteiger partial charge < -0.3 is 25.8 Å². The first-order valence-electron chi connectivity index (χ1n) is 15.5. The summed E-state index contributed by atoms with van der Waals surface area (Å²) < 4.78 is 15.8. The molecule has 0 aliphatic carbocycles. The zero-order chi connectivity index (χ0) is 32.5. The number of nitrogens with zero attached hydrogens (tertiary/aromatic N) is 4. The molecule has 6 rings (SSSR count). The van der Waals surface area contributed by atoms with Crippen molar-refractivity contribution in [2.75, 3.05) is 6.54 Å². The number of likely N-dealkylation sites (tertiary alicyclic amines) is 1. The third kappa shape index (κ3) is 6.35. The van der Waals surface area contributed by atoms with Gasteiger partial charge in [-0.25, -0.2) is 9.07 Å². The van der Waals surface area contributed by atoms with Crippen LogP contribution in [0.5, 0.6) is 0 Å². The average Bonchev–Trinajstić information content (AvgIpc) is 3.76. The van der Waals surface area contributed by atoms with E-state index in [0.29, 0.717) is 16.6 Å². The maximum atomic E-state index is 14.1. The largest absolute Gasteiger partial charge is 0.358 e. The van der Waals surface area contributed by atoms with Crippen molar-refractivity contribution in [1.29, 1.82) is 0 Å². The molecule has 4 heterocycles. The molecule has 4 aromatic rings. The summed E-state index contributed by atoms with van der Waals surface area (Å²) >= 11 is 0.